The summed E-state index contributed by atoms with van der Waals surface area (Å²) in [5, 5.41) is 0. The standard InChI is InChI=1S/C25H26/c1-17-14-18(2)25(19(3)15-17)24-16-22-9-8-20-4-6-21(7-5-20)10-12-23(24)13-11-22/h4-7,11,13-16H,8-10,12H2,1-3H3. The van der Waals surface area contributed by atoms with Gasteiger partial charge in [-0.3, -0.25) is 0 Å². The molecule has 0 fully saturated rings. The van der Waals surface area contributed by atoms with Gasteiger partial charge < -0.3 is 0 Å². The lowest BCUT2D eigenvalue weighted by molar-refractivity contribution is 0.923. The number of hydrogen-bond donors (Lipinski definition) is 0. The van der Waals surface area contributed by atoms with Gasteiger partial charge in [0.1, 0.15) is 0 Å². The highest BCUT2D eigenvalue weighted by atomic mass is 14.2. The molecule has 3 aromatic carbocycles. The van der Waals surface area contributed by atoms with Gasteiger partial charge in [-0.25, -0.2) is 0 Å². The minimum Gasteiger partial charge on any atom is -0.0588 e. The zero-order chi connectivity index (χ0) is 17.4. The van der Waals surface area contributed by atoms with E-state index in [-0.39, 0.29) is 0 Å². The van der Waals surface area contributed by atoms with Crippen molar-refractivity contribution in [3.63, 3.8) is 0 Å². The van der Waals surface area contributed by atoms with Crippen LogP contribution >= 0.6 is 0 Å². The molecule has 126 valence electrons. The molecule has 4 aliphatic rings. The summed E-state index contributed by atoms with van der Waals surface area (Å²) in [6, 6.07) is 21.0. The minimum absolute atomic E-state index is 1.10. The Kier molecular flexibility index (Phi) is 4.21. The van der Waals surface area contributed by atoms with Gasteiger partial charge >= 0.3 is 0 Å². The lowest BCUT2D eigenvalue weighted by Crippen LogP contribution is -2.02. The first-order valence-electron chi connectivity index (χ1n) is 9.38. The Hall–Kier alpha value is -2.34. The minimum atomic E-state index is 1.10. The molecule has 3 aromatic rings. The van der Waals surface area contributed by atoms with E-state index in [9.17, 15) is 0 Å². The maximum absolute atomic E-state index is 2.45. The summed E-state index contributed by atoms with van der Waals surface area (Å²) in [7, 11) is 0. The van der Waals surface area contributed by atoms with E-state index in [2.05, 4.69) is 75.4 Å². The van der Waals surface area contributed by atoms with Gasteiger partial charge in [0.25, 0.3) is 0 Å². The van der Waals surface area contributed by atoms with Crippen molar-refractivity contribution in [2.75, 3.05) is 0 Å². The Morgan fingerprint density at radius 1 is 0.560 bits per heavy atom. The van der Waals surface area contributed by atoms with Crippen LogP contribution in [0.25, 0.3) is 11.1 Å². The van der Waals surface area contributed by atoms with Crippen LogP contribution < -0.4 is 0 Å². The number of benzene rings is 3. The van der Waals surface area contributed by atoms with E-state index < -0.39 is 0 Å². The van der Waals surface area contributed by atoms with E-state index in [1.165, 1.54) is 50.1 Å². The van der Waals surface area contributed by atoms with Crippen LogP contribution in [0.2, 0.25) is 0 Å². The summed E-state index contributed by atoms with van der Waals surface area (Å²) in [5.41, 5.74) is 12.8. The topological polar surface area (TPSA) is 0 Å². The molecule has 0 N–H and O–H groups in total. The van der Waals surface area contributed by atoms with Gasteiger partial charge in [0, 0.05) is 0 Å². The number of aryl methyl sites for hydroxylation is 7. The number of hydrogen-bond acceptors (Lipinski definition) is 0. The summed E-state index contributed by atoms with van der Waals surface area (Å²) in [5.74, 6) is 0. The molecule has 0 unspecified atom stereocenters. The fourth-order valence-corrected chi connectivity index (χ4v) is 4.27. The Morgan fingerprint density at radius 3 is 1.72 bits per heavy atom. The molecule has 0 heterocycles. The molecule has 0 nitrogen and oxygen atoms in total. The second-order valence-electron chi connectivity index (χ2n) is 7.58. The molecular formula is C25H26. The fraction of sp³-hybridized carbons (Fsp3) is 0.280. The van der Waals surface area contributed by atoms with Crippen molar-refractivity contribution in [1.82, 2.24) is 0 Å². The first-order chi connectivity index (χ1) is 12.1. The van der Waals surface area contributed by atoms with Crippen LogP contribution in [-0.4, -0.2) is 0 Å². The summed E-state index contributed by atoms with van der Waals surface area (Å²) in [6.07, 6.45) is 4.43. The van der Waals surface area contributed by atoms with Gasteiger partial charge in [-0.1, -0.05) is 60.2 Å². The predicted octanol–water partition coefficient (Wildman–Crippen LogP) is 6.16. The highest BCUT2D eigenvalue weighted by molar-refractivity contribution is 5.75. The molecule has 4 bridgehead atoms. The van der Waals surface area contributed by atoms with Crippen molar-refractivity contribution in [3.8, 4) is 11.1 Å². The van der Waals surface area contributed by atoms with Crippen LogP contribution in [0.1, 0.15) is 38.9 Å². The summed E-state index contributed by atoms with van der Waals surface area (Å²) < 4.78 is 0. The van der Waals surface area contributed by atoms with Gasteiger partial charge in [0.15, 0.2) is 0 Å². The van der Waals surface area contributed by atoms with Crippen molar-refractivity contribution in [2.45, 2.75) is 46.5 Å². The molecule has 0 spiro atoms. The van der Waals surface area contributed by atoms with E-state index in [0.717, 1.165) is 25.7 Å². The summed E-state index contributed by atoms with van der Waals surface area (Å²) in [6.45, 7) is 6.70. The van der Waals surface area contributed by atoms with Crippen molar-refractivity contribution < 1.29 is 0 Å². The monoisotopic (exact) mass is 326 g/mol. The van der Waals surface area contributed by atoms with E-state index in [1.54, 1.807) is 0 Å². The Labute approximate surface area is 151 Å². The molecule has 25 heavy (non-hydrogen) atoms. The normalized spacial score (nSPS) is 13.6. The van der Waals surface area contributed by atoms with Crippen LogP contribution in [0.15, 0.2) is 54.6 Å². The highest BCUT2D eigenvalue weighted by Crippen LogP contribution is 2.33. The summed E-state index contributed by atoms with van der Waals surface area (Å²) >= 11 is 0. The molecular weight excluding hydrogens is 300 g/mol. The molecule has 0 radical (unpaired) electrons. The third kappa shape index (κ3) is 3.26. The lowest BCUT2D eigenvalue weighted by atomic mass is 9.86. The van der Waals surface area contributed by atoms with Gasteiger partial charge in [-0.15, -0.1) is 0 Å². The molecule has 0 aromatic heterocycles. The maximum atomic E-state index is 2.45. The molecule has 0 saturated heterocycles. The zero-order valence-corrected chi connectivity index (χ0v) is 15.5. The van der Waals surface area contributed by atoms with Gasteiger partial charge in [-0.05, 0) is 91.0 Å². The first-order valence-corrected chi connectivity index (χ1v) is 9.38. The number of rotatable bonds is 1. The molecule has 4 aliphatic carbocycles. The third-order valence-electron chi connectivity index (χ3n) is 5.53. The Balaban J connectivity index is 1.85. The zero-order valence-electron chi connectivity index (χ0n) is 15.5. The SMILES string of the molecule is Cc1cc(C)c(-c2cc3ccc2CCc2ccc(cc2)CC3)c(C)c1. The van der Waals surface area contributed by atoms with Gasteiger partial charge in [-0.2, -0.15) is 0 Å². The highest BCUT2D eigenvalue weighted by Gasteiger charge is 2.13. The predicted molar refractivity (Wildman–Crippen MR) is 107 cm³/mol. The molecule has 0 amide bonds. The Morgan fingerprint density at radius 2 is 1.08 bits per heavy atom. The van der Waals surface area contributed by atoms with Crippen LogP contribution in [0.4, 0.5) is 0 Å². The van der Waals surface area contributed by atoms with Gasteiger partial charge in [0.05, 0.1) is 0 Å². The smallest absolute Gasteiger partial charge is 0.0122 e. The largest absolute Gasteiger partial charge is 0.0588 e. The molecule has 0 saturated carbocycles. The summed E-state index contributed by atoms with van der Waals surface area (Å²) in [4.78, 5) is 0. The molecule has 0 aliphatic heterocycles. The van der Waals surface area contributed by atoms with Gasteiger partial charge in [0.2, 0.25) is 0 Å². The van der Waals surface area contributed by atoms with Crippen molar-refractivity contribution >= 4 is 0 Å². The first kappa shape index (κ1) is 16.1. The van der Waals surface area contributed by atoms with Crippen LogP contribution in [0, 0.1) is 20.8 Å². The fourth-order valence-electron chi connectivity index (χ4n) is 4.27. The lowest BCUT2D eigenvalue weighted by Gasteiger charge is -2.18. The quantitative estimate of drug-likeness (QED) is 0.502. The van der Waals surface area contributed by atoms with Crippen molar-refractivity contribution in [2.24, 2.45) is 0 Å². The molecule has 0 atom stereocenters. The Bertz CT molecular complexity index is 890. The van der Waals surface area contributed by atoms with Crippen LogP contribution in [-0.2, 0) is 25.7 Å². The second kappa shape index (κ2) is 6.52. The molecule has 0 heteroatoms. The van der Waals surface area contributed by atoms with Crippen molar-refractivity contribution in [3.05, 3.63) is 93.5 Å². The van der Waals surface area contributed by atoms with E-state index in [0.29, 0.717) is 0 Å². The van der Waals surface area contributed by atoms with E-state index in [1.807, 2.05) is 0 Å². The van der Waals surface area contributed by atoms with Crippen LogP contribution in [0.3, 0.4) is 0 Å². The molecule has 7 rings (SSSR count). The average Bonchev–Trinajstić information content (AvgIpc) is 2.57. The van der Waals surface area contributed by atoms with E-state index >= 15 is 0 Å². The van der Waals surface area contributed by atoms with Crippen LogP contribution in [0.5, 0.6) is 0 Å². The second-order valence-corrected chi connectivity index (χ2v) is 7.58. The maximum Gasteiger partial charge on any atom is -0.0122 e. The van der Waals surface area contributed by atoms with Crippen molar-refractivity contribution in [1.29, 1.82) is 0 Å². The van der Waals surface area contributed by atoms with E-state index in [4.69, 9.17) is 0 Å². The third-order valence-corrected chi connectivity index (χ3v) is 5.53. The average molecular weight is 326 g/mol.